The standard InChI is InChI=1S/C18H32N4O2/c23-17(4-3-16-5-7-19-8-6-16)21-11-13-22(14-12-21)18(24)15-20-9-1-2-10-20/h16,19H,1-15H2. The summed E-state index contributed by atoms with van der Waals surface area (Å²) >= 11 is 0. The van der Waals surface area contributed by atoms with E-state index in [0.29, 0.717) is 45.1 Å². The molecule has 3 rings (SSSR count). The second-order valence-electron chi connectivity index (χ2n) is 7.48. The largest absolute Gasteiger partial charge is 0.339 e. The van der Waals surface area contributed by atoms with Crippen molar-refractivity contribution < 1.29 is 9.59 Å². The average Bonchev–Trinajstić information content (AvgIpc) is 3.13. The summed E-state index contributed by atoms with van der Waals surface area (Å²) in [6.45, 7) is 7.67. The fraction of sp³-hybridized carbons (Fsp3) is 0.889. The smallest absolute Gasteiger partial charge is 0.236 e. The Morgan fingerprint density at radius 1 is 0.833 bits per heavy atom. The van der Waals surface area contributed by atoms with Crippen LogP contribution in [0.3, 0.4) is 0 Å². The fourth-order valence-electron chi connectivity index (χ4n) is 4.09. The van der Waals surface area contributed by atoms with Crippen LogP contribution >= 0.6 is 0 Å². The van der Waals surface area contributed by atoms with Crippen LogP contribution in [0.5, 0.6) is 0 Å². The highest BCUT2D eigenvalue weighted by atomic mass is 16.2. The maximum Gasteiger partial charge on any atom is 0.236 e. The SMILES string of the molecule is O=C(CCC1CCNCC1)N1CCN(C(=O)CN2CCCC2)CC1. The van der Waals surface area contributed by atoms with Crippen LogP contribution in [-0.4, -0.2) is 85.4 Å². The minimum atomic E-state index is 0.235. The second-order valence-corrected chi connectivity index (χ2v) is 7.48. The van der Waals surface area contributed by atoms with Gasteiger partial charge in [0.2, 0.25) is 11.8 Å². The molecule has 0 aliphatic carbocycles. The molecule has 0 bridgehead atoms. The van der Waals surface area contributed by atoms with Crippen LogP contribution in [0.1, 0.15) is 38.5 Å². The number of rotatable bonds is 5. The van der Waals surface area contributed by atoms with E-state index in [-0.39, 0.29) is 11.8 Å². The molecule has 3 aliphatic heterocycles. The van der Waals surface area contributed by atoms with Crippen molar-refractivity contribution in [2.24, 2.45) is 5.92 Å². The van der Waals surface area contributed by atoms with Gasteiger partial charge in [0.15, 0.2) is 0 Å². The van der Waals surface area contributed by atoms with Gasteiger partial charge in [-0.2, -0.15) is 0 Å². The zero-order valence-corrected chi connectivity index (χ0v) is 14.8. The second kappa shape index (κ2) is 8.81. The van der Waals surface area contributed by atoms with Crippen LogP contribution in [0.25, 0.3) is 0 Å². The lowest BCUT2D eigenvalue weighted by Gasteiger charge is -2.36. The zero-order chi connectivity index (χ0) is 16.8. The van der Waals surface area contributed by atoms with Gasteiger partial charge >= 0.3 is 0 Å². The Bertz CT molecular complexity index is 423. The first-order valence-electron chi connectivity index (χ1n) is 9.71. The lowest BCUT2D eigenvalue weighted by molar-refractivity contribution is -0.140. The third-order valence-corrected chi connectivity index (χ3v) is 5.77. The summed E-state index contributed by atoms with van der Waals surface area (Å²) in [5.41, 5.74) is 0. The molecule has 1 N–H and O–H groups in total. The number of carbonyl (C=O) groups excluding carboxylic acids is 2. The molecule has 0 unspecified atom stereocenters. The lowest BCUT2D eigenvalue weighted by Crippen LogP contribution is -2.52. The molecule has 6 nitrogen and oxygen atoms in total. The number of piperidine rings is 1. The van der Waals surface area contributed by atoms with Crippen molar-refractivity contribution >= 4 is 11.8 Å². The first-order valence-corrected chi connectivity index (χ1v) is 9.71. The van der Waals surface area contributed by atoms with Crippen molar-refractivity contribution in [1.82, 2.24) is 20.0 Å². The predicted molar refractivity (Wildman–Crippen MR) is 93.7 cm³/mol. The van der Waals surface area contributed by atoms with E-state index >= 15 is 0 Å². The molecule has 2 amide bonds. The molecule has 3 aliphatic rings. The number of likely N-dealkylation sites (tertiary alicyclic amines) is 1. The van der Waals surface area contributed by atoms with Crippen LogP contribution < -0.4 is 5.32 Å². The van der Waals surface area contributed by atoms with E-state index in [2.05, 4.69) is 10.2 Å². The molecule has 0 spiro atoms. The first-order chi connectivity index (χ1) is 11.7. The Morgan fingerprint density at radius 2 is 1.42 bits per heavy atom. The normalized spacial score (nSPS) is 23.7. The molecule has 136 valence electrons. The molecule has 0 atom stereocenters. The molecule has 0 saturated carbocycles. The summed E-state index contributed by atoms with van der Waals surface area (Å²) < 4.78 is 0. The monoisotopic (exact) mass is 336 g/mol. The molecule has 3 heterocycles. The van der Waals surface area contributed by atoms with Crippen molar-refractivity contribution in [3.05, 3.63) is 0 Å². The van der Waals surface area contributed by atoms with Gasteiger partial charge in [-0.15, -0.1) is 0 Å². The van der Waals surface area contributed by atoms with Gasteiger partial charge in [-0.25, -0.2) is 0 Å². The van der Waals surface area contributed by atoms with E-state index in [1.54, 1.807) is 0 Å². The van der Waals surface area contributed by atoms with Crippen LogP contribution in [0.15, 0.2) is 0 Å². The van der Waals surface area contributed by atoms with E-state index in [1.807, 2.05) is 9.80 Å². The molecular weight excluding hydrogens is 304 g/mol. The van der Waals surface area contributed by atoms with Gasteiger partial charge in [0.25, 0.3) is 0 Å². The highest BCUT2D eigenvalue weighted by Crippen LogP contribution is 2.19. The minimum Gasteiger partial charge on any atom is -0.339 e. The van der Waals surface area contributed by atoms with Gasteiger partial charge in [-0.1, -0.05) is 0 Å². The third-order valence-electron chi connectivity index (χ3n) is 5.77. The Labute approximate surface area is 145 Å². The summed E-state index contributed by atoms with van der Waals surface area (Å²) in [6, 6.07) is 0. The Morgan fingerprint density at radius 3 is 2.04 bits per heavy atom. The van der Waals surface area contributed by atoms with E-state index in [0.717, 1.165) is 32.6 Å². The Hall–Kier alpha value is -1.14. The number of piperazine rings is 1. The molecule has 0 radical (unpaired) electrons. The number of nitrogens with one attached hydrogen (secondary N) is 1. The Kier molecular flexibility index (Phi) is 6.49. The molecule has 0 aromatic heterocycles. The molecule has 0 aromatic carbocycles. The summed E-state index contributed by atoms with van der Waals surface area (Å²) in [7, 11) is 0. The Balaban J connectivity index is 1.34. The lowest BCUT2D eigenvalue weighted by atomic mass is 9.93. The van der Waals surface area contributed by atoms with E-state index < -0.39 is 0 Å². The van der Waals surface area contributed by atoms with Crippen LogP contribution in [0.2, 0.25) is 0 Å². The van der Waals surface area contributed by atoms with Gasteiger partial charge in [-0.3, -0.25) is 14.5 Å². The minimum absolute atomic E-state index is 0.235. The molecule has 3 fully saturated rings. The van der Waals surface area contributed by atoms with Crippen LogP contribution in [0.4, 0.5) is 0 Å². The van der Waals surface area contributed by atoms with E-state index in [1.165, 1.54) is 25.7 Å². The molecule has 6 heteroatoms. The first kappa shape index (κ1) is 17.7. The van der Waals surface area contributed by atoms with Crippen LogP contribution in [-0.2, 0) is 9.59 Å². The van der Waals surface area contributed by atoms with Crippen molar-refractivity contribution in [1.29, 1.82) is 0 Å². The maximum absolute atomic E-state index is 12.4. The summed E-state index contributed by atoms with van der Waals surface area (Å²) in [4.78, 5) is 30.9. The summed E-state index contributed by atoms with van der Waals surface area (Å²) in [6.07, 6.45) is 6.53. The van der Waals surface area contributed by atoms with E-state index in [4.69, 9.17) is 0 Å². The highest BCUT2D eigenvalue weighted by molar-refractivity contribution is 5.79. The van der Waals surface area contributed by atoms with Crippen LogP contribution in [0, 0.1) is 5.92 Å². The maximum atomic E-state index is 12.4. The third kappa shape index (κ3) is 4.93. The number of hydrogen-bond acceptors (Lipinski definition) is 4. The fourth-order valence-corrected chi connectivity index (χ4v) is 4.09. The number of hydrogen-bond donors (Lipinski definition) is 1. The molecule has 24 heavy (non-hydrogen) atoms. The van der Waals surface area contributed by atoms with Crippen molar-refractivity contribution in [2.75, 3.05) is 58.9 Å². The summed E-state index contributed by atoms with van der Waals surface area (Å²) in [5.74, 6) is 1.22. The van der Waals surface area contributed by atoms with Crippen molar-refractivity contribution in [3.8, 4) is 0 Å². The zero-order valence-electron chi connectivity index (χ0n) is 14.8. The van der Waals surface area contributed by atoms with Gasteiger partial charge in [0.1, 0.15) is 0 Å². The average molecular weight is 336 g/mol. The van der Waals surface area contributed by atoms with Crippen molar-refractivity contribution in [3.63, 3.8) is 0 Å². The quantitative estimate of drug-likeness (QED) is 0.796. The van der Waals surface area contributed by atoms with Gasteiger partial charge in [0, 0.05) is 32.6 Å². The van der Waals surface area contributed by atoms with Gasteiger partial charge < -0.3 is 15.1 Å². The molecule has 3 saturated heterocycles. The number of amides is 2. The topological polar surface area (TPSA) is 55.9 Å². The molecule has 0 aromatic rings. The summed E-state index contributed by atoms with van der Waals surface area (Å²) in [5, 5.41) is 3.37. The molecular formula is C18H32N4O2. The highest BCUT2D eigenvalue weighted by Gasteiger charge is 2.26. The van der Waals surface area contributed by atoms with Gasteiger partial charge in [-0.05, 0) is 64.2 Å². The number of carbonyl (C=O) groups is 2. The van der Waals surface area contributed by atoms with Gasteiger partial charge in [0.05, 0.1) is 6.54 Å². The predicted octanol–water partition coefficient (Wildman–Crippen LogP) is 0.533. The van der Waals surface area contributed by atoms with E-state index in [9.17, 15) is 9.59 Å². The number of nitrogens with zero attached hydrogens (tertiary/aromatic N) is 3. The van der Waals surface area contributed by atoms with Crippen molar-refractivity contribution in [2.45, 2.75) is 38.5 Å².